The van der Waals surface area contributed by atoms with Crippen molar-refractivity contribution in [2.75, 3.05) is 17.5 Å². The third-order valence-corrected chi connectivity index (χ3v) is 5.77. The van der Waals surface area contributed by atoms with Crippen LogP contribution in [0.25, 0.3) is 0 Å². The number of hydrogen-bond acceptors (Lipinski definition) is 2. The van der Waals surface area contributed by atoms with Crippen molar-refractivity contribution in [1.29, 1.82) is 0 Å². The lowest BCUT2D eigenvalue weighted by Gasteiger charge is -2.25. The fourth-order valence-electron chi connectivity index (χ4n) is 1.89. The molecule has 1 aliphatic heterocycles. The summed E-state index contributed by atoms with van der Waals surface area (Å²) in [7, 11) is -3.28. The Bertz CT molecular complexity index is 311. The van der Waals surface area contributed by atoms with Crippen molar-refractivity contribution in [3.8, 4) is 0 Å². The highest BCUT2D eigenvalue weighted by atomic mass is 127. The van der Waals surface area contributed by atoms with Crippen molar-refractivity contribution >= 4 is 32.8 Å². The van der Waals surface area contributed by atoms with Gasteiger partial charge in [0.15, 0.2) is 0 Å². The molecule has 0 amide bonds. The second-order valence-electron chi connectivity index (χ2n) is 4.94. The molecule has 0 aromatic carbocycles. The third kappa shape index (κ3) is 5.00. The minimum atomic E-state index is -3.28. The summed E-state index contributed by atoms with van der Waals surface area (Å²) in [4.78, 5) is 0. The molecule has 6 heteroatoms. The van der Waals surface area contributed by atoms with Gasteiger partial charge in [0.05, 0.1) is 0 Å². The van der Waals surface area contributed by atoms with Gasteiger partial charge in [0, 0.05) is 23.6 Å². The zero-order valence-electron chi connectivity index (χ0n) is 10.7. The van der Waals surface area contributed by atoms with Gasteiger partial charge in [-0.1, -0.05) is 49.3 Å². The SMILES string of the molecule is CC(C)C(CI)NS(=O)(=O)N1CCCCCC1. The Morgan fingerprint density at radius 3 is 2.12 bits per heavy atom. The summed E-state index contributed by atoms with van der Waals surface area (Å²) in [6.45, 7) is 5.44. The van der Waals surface area contributed by atoms with E-state index in [0.29, 0.717) is 19.0 Å². The molecule has 0 bridgehead atoms. The van der Waals surface area contributed by atoms with Gasteiger partial charge in [-0.25, -0.2) is 0 Å². The molecule has 0 radical (unpaired) electrons. The molecule has 1 unspecified atom stereocenters. The van der Waals surface area contributed by atoms with Crippen LogP contribution in [0.5, 0.6) is 0 Å². The number of nitrogens with one attached hydrogen (secondary N) is 1. The van der Waals surface area contributed by atoms with E-state index in [4.69, 9.17) is 0 Å². The smallest absolute Gasteiger partial charge is 0.198 e. The van der Waals surface area contributed by atoms with Gasteiger partial charge in [0.25, 0.3) is 10.2 Å². The molecular weight excluding hydrogens is 351 g/mol. The Kier molecular flexibility index (Phi) is 6.68. The molecule has 0 saturated carbocycles. The van der Waals surface area contributed by atoms with Crippen LogP contribution in [0.1, 0.15) is 39.5 Å². The van der Waals surface area contributed by atoms with Gasteiger partial charge in [-0.3, -0.25) is 0 Å². The lowest BCUT2D eigenvalue weighted by atomic mass is 10.1. The van der Waals surface area contributed by atoms with Crippen LogP contribution in [0.3, 0.4) is 0 Å². The largest absolute Gasteiger partial charge is 0.279 e. The summed E-state index contributed by atoms with van der Waals surface area (Å²) >= 11 is 2.24. The van der Waals surface area contributed by atoms with Crippen LogP contribution in [0, 0.1) is 5.92 Å². The summed E-state index contributed by atoms with van der Waals surface area (Å²) in [5.41, 5.74) is 0. The first-order valence-corrected chi connectivity index (χ1v) is 9.27. The highest BCUT2D eigenvalue weighted by Crippen LogP contribution is 2.14. The molecule has 1 heterocycles. The second-order valence-corrected chi connectivity index (χ2v) is 7.52. The Morgan fingerprint density at radius 1 is 1.18 bits per heavy atom. The molecule has 0 aliphatic carbocycles. The summed E-state index contributed by atoms with van der Waals surface area (Å²) < 4.78 is 29.7. The fraction of sp³-hybridized carbons (Fsp3) is 1.00. The standard InChI is InChI=1S/C11H23IN2O2S/c1-10(2)11(9-12)13-17(15,16)14-7-5-3-4-6-8-14/h10-11,13H,3-9H2,1-2H3. The summed E-state index contributed by atoms with van der Waals surface area (Å²) in [5.74, 6) is 0.327. The maximum absolute atomic E-state index is 12.2. The van der Waals surface area contributed by atoms with Gasteiger partial charge in [0.1, 0.15) is 0 Å². The van der Waals surface area contributed by atoms with E-state index in [1.54, 1.807) is 4.31 Å². The number of halogens is 1. The Labute approximate surface area is 119 Å². The highest BCUT2D eigenvalue weighted by molar-refractivity contribution is 14.1. The van der Waals surface area contributed by atoms with Gasteiger partial charge in [0.2, 0.25) is 0 Å². The molecule has 1 fully saturated rings. The van der Waals surface area contributed by atoms with Crippen LogP contribution >= 0.6 is 22.6 Å². The van der Waals surface area contributed by atoms with E-state index in [0.717, 1.165) is 30.1 Å². The Morgan fingerprint density at radius 2 is 1.71 bits per heavy atom. The van der Waals surface area contributed by atoms with Crippen LogP contribution < -0.4 is 4.72 Å². The summed E-state index contributed by atoms with van der Waals surface area (Å²) in [5, 5.41) is 0. The monoisotopic (exact) mass is 374 g/mol. The van der Waals surface area contributed by atoms with Crippen LogP contribution in [0.2, 0.25) is 0 Å². The van der Waals surface area contributed by atoms with Gasteiger partial charge in [-0.2, -0.15) is 17.4 Å². The first-order valence-electron chi connectivity index (χ1n) is 6.30. The first kappa shape index (κ1) is 15.7. The van der Waals surface area contributed by atoms with Crippen LogP contribution in [0.15, 0.2) is 0 Å². The lowest BCUT2D eigenvalue weighted by Crippen LogP contribution is -2.48. The molecule has 0 aromatic heterocycles. The average Bonchev–Trinajstić information content (AvgIpc) is 2.54. The predicted molar refractivity (Wildman–Crippen MR) is 79.6 cm³/mol. The van der Waals surface area contributed by atoms with E-state index < -0.39 is 10.2 Å². The van der Waals surface area contributed by atoms with E-state index in [9.17, 15) is 8.42 Å². The minimum Gasteiger partial charge on any atom is -0.198 e. The number of nitrogens with zero attached hydrogens (tertiary/aromatic N) is 1. The lowest BCUT2D eigenvalue weighted by molar-refractivity contribution is 0.397. The molecule has 102 valence electrons. The van der Waals surface area contributed by atoms with Gasteiger partial charge in [-0.05, 0) is 18.8 Å². The van der Waals surface area contributed by atoms with E-state index >= 15 is 0 Å². The molecule has 1 aliphatic rings. The van der Waals surface area contributed by atoms with Crippen molar-refractivity contribution in [2.24, 2.45) is 5.92 Å². The van der Waals surface area contributed by atoms with E-state index in [2.05, 4.69) is 27.3 Å². The number of rotatable bonds is 5. The molecule has 1 saturated heterocycles. The maximum Gasteiger partial charge on any atom is 0.279 e. The van der Waals surface area contributed by atoms with Crippen molar-refractivity contribution in [2.45, 2.75) is 45.6 Å². The average molecular weight is 374 g/mol. The van der Waals surface area contributed by atoms with Crippen molar-refractivity contribution in [3.05, 3.63) is 0 Å². The molecule has 17 heavy (non-hydrogen) atoms. The normalized spacial score (nSPS) is 21.4. The fourth-order valence-corrected chi connectivity index (χ4v) is 5.06. The molecule has 1 N–H and O–H groups in total. The molecule has 1 rings (SSSR count). The van der Waals surface area contributed by atoms with Crippen molar-refractivity contribution in [3.63, 3.8) is 0 Å². The zero-order chi connectivity index (χ0) is 12.9. The second kappa shape index (κ2) is 7.25. The Balaban J connectivity index is 2.65. The van der Waals surface area contributed by atoms with Crippen LogP contribution in [-0.2, 0) is 10.2 Å². The van der Waals surface area contributed by atoms with Crippen molar-refractivity contribution in [1.82, 2.24) is 9.03 Å². The van der Waals surface area contributed by atoms with E-state index in [-0.39, 0.29) is 6.04 Å². The molecular formula is C11H23IN2O2S. The van der Waals surface area contributed by atoms with E-state index in [1.165, 1.54) is 0 Å². The highest BCUT2D eigenvalue weighted by Gasteiger charge is 2.26. The molecule has 0 spiro atoms. The van der Waals surface area contributed by atoms with Gasteiger partial charge < -0.3 is 0 Å². The predicted octanol–water partition coefficient (Wildman–Crippen LogP) is 2.16. The summed E-state index contributed by atoms with van der Waals surface area (Å²) in [6.07, 6.45) is 4.26. The van der Waals surface area contributed by atoms with Crippen LogP contribution in [0.4, 0.5) is 0 Å². The molecule has 1 atom stereocenters. The van der Waals surface area contributed by atoms with E-state index in [1.807, 2.05) is 13.8 Å². The zero-order valence-corrected chi connectivity index (χ0v) is 13.6. The van der Waals surface area contributed by atoms with Crippen LogP contribution in [-0.4, -0.2) is 36.3 Å². The topological polar surface area (TPSA) is 49.4 Å². The quantitative estimate of drug-likeness (QED) is 0.592. The maximum atomic E-state index is 12.2. The third-order valence-electron chi connectivity index (χ3n) is 3.18. The van der Waals surface area contributed by atoms with Gasteiger partial charge in [-0.15, -0.1) is 0 Å². The molecule has 0 aromatic rings. The first-order chi connectivity index (χ1) is 7.97. The molecule has 4 nitrogen and oxygen atoms in total. The van der Waals surface area contributed by atoms with Gasteiger partial charge >= 0.3 is 0 Å². The Hall–Kier alpha value is 0.600. The number of alkyl halides is 1. The minimum absolute atomic E-state index is 0.0313. The number of hydrogen-bond donors (Lipinski definition) is 1. The van der Waals surface area contributed by atoms with Crippen molar-refractivity contribution < 1.29 is 8.42 Å². The summed E-state index contributed by atoms with van der Waals surface area (Å²) in [6, 6.07) is 0.0313.